The third-order valence-corrected chi connectivity index (χ3v) is 4.78. The Hall–Kier alpha value is -1.81. The number of hydrogen-bond acceptors (Lipinski definition) is 3. The van der Waals surface area contributed by atoms with Crippen LogP contribution in [0.4, 0.5) is 4.79 Å². The molecule has 1 amide bonds. The fourth-order valence-corrected chi connectivity index (χ4v) is 3.52. The lowest BCUT2D eigenvalue weighted by Crippen LogP contribution is -2.47. The van der Waals surface area contributed by atoms with Gasteiger partial charge in [-0.15, -0.1) is 0 Å². The van der Waals surface area contributed by atoms with Gasteiger partial charge in [0, 0.05) is 32.2 Å². The lowest BCUT2D eigenvalue weighted by atomic mass is 9.88. The highest BCUT2D eigenvalue weighted by atomic mass is 16.5. The van der Waals surface area contributed by atoms with E-state index in [9.17, 15) is 4.79 Å². The summed E-state index contributed by atoms with van der Waals surface area (Å²) in [4.78, 5) is 16.1. The summed E-state index contributed by atoms with van der Waals surface area (Å²) >= 11 is 0. The second-order valence-electron chi connectivity index (χ2n) is 6.02. The molecule has 3 rings (SSSR count). The molecule has 1 saturated heterocycles. The predicted octanol–water partition coefficient (Wildman–Crippen LogP) is 3.09. The van der Waals surface area contributed by atoms with Gasteiger partial charge in [0.15, 0.2) is 0 Å². The van der Waals surface area contributed by atoms with E-state index in [-0.39, 0.29) is 6.09 Å². The maximum atomic E-state index is 11.8. The van der Waals surface area contributed by atoms with Gasteiger partial charge >= 0.3 is 6.09 Å². The molecular weight excluding hydrogens is 276 g/mol. The summed E-state index contributed by atoms with van der Waals surface area (Å²) in [6.07, 6.45) is 4.14. The Morgan fingerprint density at radius 3 is 2.68 bits per heavy atom. The Morgan fingerprint density at radius 2 is 2.05 bits per heavy atom. The van der Waals surface area contributed by atoms with E-state index in [0.29, 0.717) is 6.04 Å². The summed E-state index contributed by atoms with van der Waals surface area (Å²) in [5, 5.41) is 0. The molecule has 0 N–H and O–H groups in total. The van der Waals surface area contributed by atoms with Gasteiger partial charge in [0.1, 0.15) is 0 Å². The van der Waals surface area contributed by atoms with Crippen molar-refractivity contribution in [2.24, 2.45) is 0 Å². The first-order chi connectivity index (χ1) is 10.7. The van der Waals surface area contributed by atoms with Crippen LogP contribution in [0.2, 0.25) is 0 Å². The predicted molar refractivity (Wildman–Crippen MR) is 88.6 cm³/mol. The van der Waals surface area contributed by atoms with E-state index >= 15 is 0 Å². The van der Waals surface area contributed by atoms with Crippen LogP contribution in [0.1, 0.15) is 30.9 Å². The third kappa shape index (κ3) is 2.88. The minimum absolute atomic E-state index is 0.198. The highest BCUT2D eigenvalue weighted by Gasteiger charge is 2.28. The number of hydrogen-bond donors (Lipinski definition) is 0. The average molecular weight is 300 g/mol. The molecule has 0 bridgehead atoms. The highest BCUT2D eigenvalue weighted by molar-refractivity contribution is 5.96. The first-order valence-electron chi connectivity index (χ1n) is 8.10. The van der Waals surface area contributed by atoms with E-state index in [1.54, 1.807) is 0 Å². The number of rotatable bonds is 4. The van der Waals surface area contributed by atoms with Gasteiger partial charge in [-0.25, -0.2) is 4.79 Å². The van der Waals surface area contributed by atoms with Crippen LogP contribution in [0.15, 0.2) is 24.3 Å². The van der Waals surface area contributed by atoms with Crippen LogP contribution in [-0.2, 0) is 4.74 Å². The summed E-state index contributed by atoms with van der Waals surface area (Å²) in [5.41, 5.74) is 4.19. The molecule has 0 unspecified atom stereocenters. The largest absolute Gasteiger partial charge is 0.453 e. The molecule has 4 heteroatoms. The van der Waals surface area contributed by atoms with Crippen molar-refractivity contribution in [2.75, 3.05) is 33.3 Å². The SMILES string of the molecule is CCN(C(=O)OC)C1CCN(CC2=Cc3ccccc32)CC1. The molecule has 1 aliphatic heterocycles. The lowest BCUT2D eigenvalue weighted by molar-refractivity contribution is 0.0836. The van der Waals surface area contributed by atoms with E-state index in [1.165, 1.54) is 23.8 Å². The summed E-state index contributed by atoms with van der Waals surface area (Å²) in [6.45, 7) is 5.83. The maximum Gasteiger partial charge on any atom is 0.409 e. The van der Waals surface area contributed by atoms with Crippen LogP contribution in [0.5, 0.6) is 0 Å². The Bertz CT molecular complexity index is 574. The van der Waals surface area contributed by atoms with Crippen LogP contribution >= 0.6 is 0 Å². The lowest BCUT2D eigenvalue weighted by Gasteiger charge is -2.38. The summed E-state index contributed by atoms with van der Waals surface area (Å²) in [6, 6.07) is 8.88. The first-order valence-corrected chi connectivity index (χ1v) is 8.10. The van der Waals surface area contributed by atoms with Crippen LogP contribution in [0.25, 0.3) is 11.6 Å². The van der Waals surface area contributed by atoms with Gasteiger partial charge < -0.3 is 9.64 Å². The number of ether oxygens (including phenoxy) is 1. The molecule has 0 atom stereocenters. The zero-order valence-corrected chi connectivity index (χ0v) is 13.4. The number of benzene rings is 1. The minimum Gasteiger partial charge on any atom is -0.453 e. The molecule has 1 aromatic rings. The number of carbonyl (C=O) groups is 1. The second kappa shape index (κ2) is 6.53. The Kier molecular flexibility index (Phi) is 4.48. The fraction of sp³-hybridized carbons (Fsp3) is 0.500. The minimum atomic E-state index is -0.198. The van der Waals surface area contributed by atoms with Gasteiger partial charge in [0.05, 0.1) is 7.11 Å². The number of likely N-dealkylation sites (tertiary alicyclic amines) is 1. The highest BCUT2D eigenvalue weighted by Crippen LogP contribution is 2.33. The third-order valence-electron chi connectivity index (χ3n) is 4.78. The molecule has 4 nitrogen and oxygen atoms in total. The van der Waals surface area contributed by atoms with Crippen LogP contribution < -0.4 is 0 Å². The zero-order chi connectivity index (χ0) is 15.5. The molecule has 0 radical (unpaired) electrons. The monoisotopic (exact) mass is 300 g/mol. The Balaban J connectivity index is 1.52. The van der Waals surface area contributed by atoms with Gasteiger partial charge in [-0.3, -0.25) is 4.90 Å². The molecular formula is C18H24N2O2. The van der Waals surface area contributed by atoms with Gasteiger partial charge in [-0.2, -0.15) is 0 Å². The van der Waals surface area contributed by atoms with Gasteiger partial charge in [0.25, 0.3) is 0 Å². The van der Waals surface area contributed by atoms with Crippen molar-refractivity contribution >= 4 is 17.7 Å². The number of piperidine rings is 1. The van der Waals surface area contributed by atoms with Crippen molar-refractivity contribution in [1.29, 1.82) is 0 Å². The molecule has 1 aliphatic carbocycles. The number of nitrogens with zero attached hydrogens (tertiary/aromatic N) is 2. The van der Waals surface area contributed by atoms with Crippen molar-refractivity contribution in [2.45, 2.75) is 25.8 Å². The molecule has 0 saturated carbocycles. The zero-order valence-electron chi connectivity index (χ0n) is 13.4. The smallest absolute Gasteiger partial charge is 0.409 e. The van der Waals surface area contributed by atoms with Gasteiger partial charge in [-0.1, -0.05) is 24.3 Å². The van der Waals surface area contributed by atoms with Gasteiger partial charge in [-0.05, 0) is 42.5 Å². The standard InChI is InChI=1S/C18H24N2O2/c1-3-20(18(21)22-2)16-8-10-19(11-9-16)13-15-12-14-6-4-5-7-17(14)15/h4-7,12,16H,3,8-11,13H2,1-2H3. The maximum absolute atomic E-state index is 11.8. The van der Waals surface area contributed by atoms with E-state index in [1.807, 2.05) is 11.8 Å². The van der Waals surface area contributed by atoms with E-state index in [0.717, 1.165) is 39.0 Å². The fourth-order valence-electron chi connectivity index (χ4n) is 3.52. The van der Waals surface area contributed by atoms with Crippen LogP contribution in [0.3, 0.4) is 0 Å². The normalized spacial score (nSPS) is 18.2. The first kappa shape index (κ1) is 15.1. The number of methoxy groups -OCH3 is 1. The van der Waals surface area contributed by atoms with Crippen molar-refractivity contribution in [1.82, 2.24) is 9.80 Å². The summed E-state index contributed by atoms with van der Waals surface area (Å²) in [7, 11) is 1.46. The molecule has 2 aliphatic rings. The van der Waals surface area contributed by atoms with Crippen LogP contribution in [-0.4, -0.2) is 55.2 Å². The van der Waals surface area contributed by atoms with E-state index < -0.39 is 0 Å². The number of fused-ring (bicyclic) bond motifs is 1. The molecule has 0 spiro atoms. The van der Waals surface area contributed by atoms with E-state index in [2.05, 4.69) is 35.2 Å². The van der Waals surface area contributed by atoms with Crippen molar-refractivity contribution in [3.63, 3.8) is 0 Å². The summed E-state index contributed by atoms with van der Waals surface area (Å²) in [5.74, 6) is 0. The molecule has 1 heterocycles. The molecule has 118 valence electrons. The molecule has 1 aromatic carbocycles. The van der Waals surface area contributed by atoms with Crippen LogP contribution in [0, 0.1) is 0 Å². The van der Waals surface area contributed by atoms with Crippen molar-refractivity contribution in [3.05, 3.63) is 35.4 Å². The summed E-state index contributed by atoms with van der Waals surface area (Å²) < 4.78 is 4.88. The van der Waals surface area contributed by atoms with Crippen molar-refractivity contribution < 1.29 is 9.53 Å². The Labute approximate surface area is 132 Å². The topological polar surface area (TPSA) is 32.8 Å². The second-order valence-corrected chi connectivity index (χ2v) is 6.02. The number of carbonyl (C=O) groups excluding carboxylic acids is 1. The molecule has 1 fully saturated rings. The van der Waals surface area contributed by atoms with Crippen molar-refractivity contribution in [3.8, 4) is 0 Å². The molecule has 22 heavy (non-hydrogen) atoms. The molecule has 0 aromatic heterocycles. The van der Waals surface area contributed by atoms with E-state index in [4.69, 9.17) is 4.74 Å². The van der Waals surface area contributed by atoms with Gasteiger partial charge in [0.2, 0.25) is 0 Å². The quantitative estimate of drug-likeness (QED) is 0.856. The Morgan fingerprint density at radius 1 is 1.32 bits per heavy atom. The average Bonchev–Trinajstić information content (AvgIpc) is 2.54. The number of amides is 1.